The van der Waals surface area contributed by atoms with Gasteiger partial charge in [0.15, 0.2) is 0 Å². The molecule has 0 aliphatic heterocycles. The molecular formula is C14H24O2SSi. The minimum atomic E-state index is -2.09. The van der Waals surface area contributed by atoms with Gasteiger partial charge in [-0.15, -0.1) is 0 Å². The Morgan fingerprint density at radius 2 is 1.61 bits per heavy atom. The Morgan fingerprint density at radius 3 is 1.94 bits per heavy atom. The van der Waals surface area contributed by atoms with Crippen LogP contribution in [0.4, 0.5) is 0 Å². The summed E-state index contributed by atoms with van der Waals surface area (Å²) in [7, 11) is -2.09. The highest BCUT2D eigenvalue weighted by Crippen LogP contribution is 2.42. The van der Waals surface area contributed by atoms with E-state index in [1.54, 1.807) is 0 Å². The molecule has 0 atom stereocenters. The maximum atomic E-state index is 12.3. The third-order valence-corrected chi connectivity index (χ3v) is 10.4. The van der Waals surface area contributed by atoms with Gasteiger partial charge in [-0.25, -0.2) is 4.79 Å². The summed E-state index contributed by atoms with van der Waals surface area (Å²) in [6, 6.07) is 1.84. The monoisotopic (exact) mass is 284 g/mol. The highest BCUT2D eigenvalue weighted by Gasteiger charge is 2.48. The van der Waals surface area contributed by atoms with E-state index in [-0.39, 0.29) is 5.97 Å². The second kappa shape index (κ2) is 6.02. The average molecular weight is 284 g/mol. The van der Waals surface area contributed by atoms with Gasteiger partial charge in [0.25, 0.3) is 8.32 Å². The van der Waals surface area contributed by atoms with E-state index in [9.17, 15) is 4.79 Å². The molecule has 1 aromatic heterocycles. The molecule has 0 radical (unpaired) electrons. The second-order valence-corrected chi connectivity index (χ2v) is 11.9. The molecule has 1 rings (SSSR count). The fourth-order valence-corrected chi connectivity index (χ4v) is 8.72. The summed E-state index contributed by atoms with van der Waals surface area (Å²) < 4.78 is 6.07. The number of hydrogen-bond acceptors (Lipinski definition) is 3. The topological polar surface area (TPSA) is 26.3 Å². The fraction of sp³-hybridized carbons (Fsp3) is 0.643. The zero-order valence-electron chi connectivity index (χ0n) is 12.2. The Bertz CT molecular complexity index is 361. The molecule has 0 bridgehead atoms. The van der Waals surface area contributed by atoms with E-state index in [1.807, 2.05) is 16.8 Å². The molecular weight excluding hydrogens is 260 g/mol. The number of thiophene rings is 1. The van der Waals surface area contributed by atoms with Crippen molar-refractivity contribution in [3.63, 3.8) is 0 Å². The lowest BCUT2D eigenvalue weighted by molar-refractivity contribution is 0.0705. The molecule has 0 aromatic carbocycles. The van der Waals surface area contributed by atoms with Crippen LogP contribution >= 0.6 is 11.3 Å². The molecule has 0 aliphatic carbocycles. The van der Waals surface area contributed by atoms with E-state index in [4.69, 9.17) is 4.43 Å². The van der Waals surface area contributed by atoms with Crippen molar-refractivity contribution in [2.45, 2.75) is 58.2 Å². The van der Waals surface area contributed by atoms with Gasteiger partial charge in [0.2, 0.25) is 0 Å². The van der Waals surface area contributed by atoms with Gasteiger partial charge in [-0.2, -0.15) is 11.3 Å². The van der Waals surface area contributed by atoms with Crippen LogP contribution in [0.15, 0.2) is 16.8 Å². The predicted molar refractivity (Wildman–Crippen MR) is 80.8 cm³/mol. The number of rotatable bonds is 5. The first kappa shape index (κ1) is 15.4. The molecule has 102 valence electrons. The largest absolute Gasteiger partial charge is 0.515 e. The summed E-state index contributed by atoms with van der Waals surface area (Å²) in [6.45, 7) is 13.1. The van der Waals surface area contributed by atoms with Crippen LogP contribution in [0.3, 0.4) is 0 Å². The van der Waals surface area contributed by atoms with Crippen LogP contribution in [0.2, 0.25) is 16.6 Å². The first-order chi connectivity index (χ1) is 8.32. The van der Waals surface area contributed by atoms with E-state index < -0.39 is 8.32 Å². The van der Waals surface area contributed by atoms with Crippen molar-refractivity contribution in [1.29, 1.82) is 0 Å². The first-order valence-electron chi connectivity index (χ1n) is 6.57. The molecule has 18 heavy (non-hydrogen) atoms. The number of carbonyl (C=O) groups is 1. The lowest BCUT2D eigenvalue weighted by atomic mass is 10.4. The summed E-state index contributed by atoms with van der Waals surface area (Å²) in [4.78, 5) is 12.3. The highest BCUT2D eigenvalue weighted by atomic mass is 32.1. The first-order valence-corrected chi connectivity index (χ1v) is 9.66. The maximum Gasteiger partial charge on any atom is 0.325 e. The van der Waals surface area contributed by atoms with Gasteiger partial charge < -0.3 is 4.43 Å². The molecule has 0 spiro atoms. The van der Waals surface area contributed by atoms with Crippen LogP contribution in [0.25, 0.3) is 0 Å². The van der Waals surface area contributed by atoms with Crippen LogP contribution in [0.5, 0.6) is 0 Å². The molecule has 0 N–H and O–H groups in total. The molecule has 0 amide bonds. The van der Waals surface area contributed by atoms with Crippen LogP contribution < -0.4 is 0 Å². The van der Waals surface area contributed by atoms with E-state index in [2.05, 4.69) is 41.5 Å². The van der Waals surface area contributed by atoms with Gasteiger partial charge in [0, 0.05) is 5.38 Å². The van der Waals surface area contributed by atoms with Crippen LogP contribution in [0.1, 0.15) is 51.9 Å². The maximum absolute atomic E-state index is 12.3. The molecule has 2 nitrogen and oxygen atoms in total. The van der Waals surface area contributed by atoms with Gasteiger partial charge in [0.1, 0.15) is 0 Å². The zero-order valence-corrected chi connectivity index (χ0v) is 14.0. The Morgan fingerprint density at radius 1 is 1.11 bits per heavy atom. The Hall–Kier alpha value is -0.613. The third kappa shape index (κ3) is 2.86. The Balaban J connectivity index is 3.02. The quantitative estimate of drug-likeness (QED) is 0.705. The van der Waals surface area contributed by atoms with Crippen LogP contribution in [-0.2, 0) is 4.43 Å². The van der Waals surface area contributed by atoms with E-state index in [0.29, 0.717) is 22.2 Å². The average Bonchev–Trinajstić information content (AvgIpc) is 2.77. The summed E-state index contributed by atoms with van der Waals surface area (Å²) in [5.74, 6) is -0.140. The highest BCUT2D eigenvalue weighted by molar-refractivity contribution is 7.08. The molecule has 1 heterocycles. The van der Waals surface area contributed by atoms with Gasteiger partial charge in [-0.1, -0.05) is 41.5 Å². The van der Waals surface area contributed by atoms with E-state index in [0.717, 1.165) is 0 Å². The van der Waals surface area contributed by atoms with Crippen molar-refractivity contribution in [2.75, 3.05) is 0 Å². The van der Waals surface area contributed by atoms with Crippen molar-refractivity contribution in [3.05, 3.63) is 22.4 Å². The minimum Gasteiger partial charge on any atom is -0.515 e. The zero-order chi connectivity index (χ0) is 13.9. The lowest BCUT2D eigenvalue weighted by Gasteiger charge is -2.41. The van der Waals surface area contributed by atoms with Crippen molar-refractivity contribution in [1.82, 2.24) is 0 Å². The van der Waals surface area contributed by atoms with Crippen LogP contribution in [-0.4, -0.2) is 14.3 Å². The molecule has 0 saturated carbocycles. The lowest BCUT2D eigenvalue weighted by Crippen LogP contribution is -2.49. The summed E-state index contributed by atoms with van der Waals surface area (Å²) in [5.41, 5.74) is 1.99. The van der Waals surface area contributed by atoms with Crippen LogP contribution in [0, 0.1) is 0 Å². The predicted octanol–water partition coefficient (Wildman–Crippen LogP) is 5.08. The molecule has 0 aliphatic rings. The van der Waals surface area contributed by atoms with Crippen molar-refractivity contribution in [3.8, 4) is 0 Å². The van der Waals surface area contributed by atoms with E-state index in [1.165, 1.54) is 11.3 Å². The molecule has 1 aromatic rings. The van der Waals surface area contributed by atoms with Gasteiger partial charge in [-0.3, -0.25) is 0 Å². The molecule has 0 saturated heterocycles. The van der Waals surface area contributed by atoms with Crippen molar-refractivity contribution in [2.24, 2.45) is 0 Å². The Labute approximate surface area is 116 Å². The van der Waals surface area contributed by atoms with Gasteiger partial charge >= 0.3 is 5.97 Å². The van der Waals surface area contributed by atoms with E-state index >= 15 is 0 Å². The second-order valence-electron chi connectivity index (χ2n) is 5.72. The molecule has 4 heteroatoms. The normalized spacial score (nSPS) is 12.5. The smallest absolute Gasteiger partial charge is 0.325 e. The minimum absolute atomic E-state index is 0.140. The van der Waals surface area contributed by atoms with Gasteiger partial charge in [0.05, 0.1) is 5.56 Å². The summed E-state index contributed by atoms with van der Waals surface area (Å²) in [6.07, 6.45) is 0. The fourth-order valence-electron chi connectivity index (χ4n) is 2.95. The molecule has 0 unspecified atom stereocenters. The Kier molecular flexibility index (Phi) is 5.17. The number of carbonyl (C=O) groups excluding carboxylic acids is 1. The summed E-state index contributed by atoms with van der Waals surface area (Å²) >= 11 is 1.53. The van der Waals surface area contributed by atoms with Crippen molar-refractivity contribution < 1.29 is 9.22 Å². The number of hydrogen-bond donors (Lipinski definition) is 0. The standard InChI is InChI=1S/C14H24O2SSi/c1-10(2)18(11(3)4,12(5)6)16-14(15)13-7-8-17-9-13/h7-12H,1-6H3. The third-order valence-electron chi connectivity index (χ3n) is 3.73. The van der Waals surface area contributed by atoms with Gasteiger partial charge in [-0.05, 0) is 28.1 Å². The SMILES string of the molecule is CC(C)[Si](OC(=O)c1ccsc1)(C(C)C)C(C)C. The summed E-state index contributed by atoms with van der Waals surface area (Å²) in [5, 5.41) is 3.78. The molecule has 0 fully saturated rings. The van der Waals surface area contributed by atoms with Crippen molar-refractivity contribution >= 4 is 25.6 Å².